The molecule has 3 aromatic rings. The maximum atomic E-state index is 12.6. The summed E-state index contributed by atoms with van der Waals surface area (Å²) in [5.74, 6) is -1.08. The number of carboxylic acid groups (broad SMARTS) is 1. The van der Waals surface area contributed by atoms with Crippen LogP contribution in [0.4, 0.5) is 0 Å². The van der Waals surface area contributed by atoms with Crippen LogP contribution in [0, 0.1) is 0 Å². The molecule has 0 aliphatic carbocycles. The summed E-state index contributed by atoms with van der Waals surface area (Å²) in [4.78, 5) is 29.5. The fourth-order valence-corrected chi connectivity index (χ4v) is 5.10. The van der Waals surface area contributed by atoms with Gasteiger partial charge in [-0.1, -0.05) is 131 Å². The molecular weight excluding hydrogens is 524 g/mol. The number of carbonyl (C=O) groups is 2. The predicted octanol–water partition coefficient (Wildman–Crippen LogP) is 8.07. The topological polar surface area (TPSA) is 78.9 Å². The number of hydrogen-bond donors (Lipinski definition) is 2. The van der Waals surface area contributed by atoms with Gasteiger partial charge in [-0.3, -0.25) is 9.63 Å². The summed E-state index contributed by atoms with van der Waals surface area (Å²) in [6, 6.07) is 25.9. The number of amides is 1. The number of hydroxylamine groups is 2. The Morgan fingerprint density at radius 2 is 1.38 bits per heavy atom. The Hall–Kier alpha value is -3.48. The van der Waals surface area contributed by atoms with Crippen molar-refractivity contribution in [3.63, 3.8) is 0 Å². The van der Waals surface area contributed by atoms with E-state index in [1.165, 1.54) is 56.9 Å². The van der Waals surface area contributed by atoms with Crippen LogP contribution < -0.4 is 5.32 Å². The number of rotatable bonds is 21. The van der Waals surface area contributed by atoms with E-state index in [-0.39, 0.29) is 5.91 Å². The van der Waals surface area contributed by atoms with Crippen LogP contribution in [0.15, 0.2) is 78.9 Å². The maximum absolute atomic E-state index is 12.6. The lowest BCUT2D eigenvalue weighted by atomic mass is 9.98. The predicted molar refractivity (Wildman–Crippen MR) is 170 cm³/mol. The molecule has 0 fully saturated rings. The first kappa shape index (κ1) is 33.0. The van der Waals surface area contributed by atoms with Gasteiger partial charge in [0.05, 0.1) is 0 Å². The zero-order valence-electron chi connectivity index (χ0n) is 25.2. The molecule has 0 radical (unpaired) electrons. The monoisotopic (exact) mass is 572 g/mol. The fourth-order valence-electron chi connectivity index (χ4n) is 5.10. The third-order valence-corrected chi connectivity index (χ3v) is 7.49. The molecule has 0 aliphatic rings. The Morgan fingerprint density at radius 1 is 0.762 bits per heavy atom. The minimum absolute atomic E-state index is 0.0611. The van der Waals surface area contributed by atoms with Crippen LogP contribution in [0.3, 0.4) is 0 Å². The molecule has 6 heteroatoms. The van der Waals surface area contributed by atoms with Gasteiger partial charge in [0.25, 0.3) is 5.91 Å². The molecule has 0 atom stereocenters. The summed E-state index contributed by atoms with van der Waals surface area (Å²) in [5, 5.41) is 13.9. The SMILES string of the molecule is CCCCCCCCCCCCNC(=O)c1ccc(CN(CCc2ccccc2-c2ccccc2)OCC(=O)O)cc1. The highest BCUT2D eigenvalue weighted by Crippen LogP contribution is 2.24. The molecule has 0 bridgehead atoms. The van der Waals surface area contributed by atoms with Crippen LogP contribution >= 0.6 is 0 Å². The summed E-state index contributed by atoms with van der Waals surface area (Å²) in [5.41, 5.74) is 5.04. The second kappa shape index (κ2) is 19.6. The van der Waals surface area contributed by atoms with Gasteiger partial charge in [0.15, 0.2) is 6.61 Å². The molecule has 0 heterocycles. The molecule has 0 spiro atoms. The minimum atomic E-state index is -1.01. The Bertz CT molecular complexity index is 1180. The Balaban J connectivity index is 1.44. The molecular formula is C36H48N2O4. The smallest absolute Gasteiger partial charge is 0.331 e. The van der Waals surface area contributed by atoms with Crippen LogP contribution in [-0.4, -0.2) is 41.7 Å². The number of carbonyl (C=O) groups excluding carboxylic acids is 1. The van der Waals surface area contributed by atoms with E-state index in [1.807, 2.05) is 54.6 Å². The van der Waals surface area contributed by atoms with Gasteiger partial charge in [-0.2, -0.15) is 5.06 Å². The second-order valence-corrected chi connectivity index (χ2v) is 10.9. The fraction of sp³-hybridized carbons (Fsp3) is 0.444. The van der Waals surface area contributed by atoms with Crippen LogP contribution in [0.1, 0.15) is 92.6 Å². The molecule has 0 saturated carbocycles. The van der Waals surface area contributed by atoms with Crippen LogP contribution in [0.5, 0.6) is 0 Å². The lowest BCUT2D eigenvalue weighted by molar-refractivity contribution is -0.185. The summed E-state index contributed by atoms with van der Waals surface area (Å²) < 4.78 is 0. The number of aliphatic carboxylic acids is 1. The Labute approximate surface area is 252 Å². The number of nitrogens with zero attached hydrogens (tertiary/aromatic N) is 1. The van der Waals surface area contributed by atoms with Gasteiger partial charge in [-0.15, -0.1) is 0 Å². The Morgan fingerprint density at radius 3 is 2.05 bits per heavy atom. The van der Waals surface area contributed by atoms with Gasteiger partial charge < -0.3 is 10.4 Å². The first-order valence-electron chi connectivity index (χ1n) is 15.7. The third-order valence-electron chi connectivity index (χ3n) is 7.49. The van der Waals surface area contributed by atoms with Crippen molar-refractivity contribution in [1.29, 1.82) is 0 Å². The number of hydrogen-bond acceptors (Lipinski definition) is 4. The maximum Gasteiger partial charge on any atom is 0.331 e. The van der Waals surface area contributed by atoms with Gasteiger partial charge in [-0.25, -0.2) is 4.79 Å². The number of benzene rings is 3. The summed E-state index contributed by atoms with van der Waals surface area (Å²) in [7, 11) is 0. The molecule has 42 heavy (non-hydrogen) atoms. The van der Waals surface area contributed by atoms with E-state index >= 15 is 0 Å². The highest BCUT2D eigenvalue weighted by molar-refractivity contribution is 5.94. The summed E-state index contributed by atoms with van der Waals surface area (Å²) in [6.45, 7) is 3.48. The molecule has 226 valence electrons. The van der Waals surface area contributed by atoms with E-state index in [9.17, 15) is 14.7 Å². The number of unbranched alkanes of at least 4 members (excludes halogenated alkanes) is 9. The van der Waals surface area contributed by atoms with Gasteiger partial charge in [0.1, 0.15) is 0 Å². The number of nitrogens with one attached hydrogen (secondary N) is 1. The van der Waals surface area contributed by atoms with E-state index in [2.05, 4.69) is 36.5 Å². The standard InChI is InChI=1S/C36H48N2O4/c1-2-3-4-5-6-7-8-9-10-16-26-37-36(41)33-23-21-30(22-24-33)28-38(42-29-35(39)40)27-25-32-19-14-15-20-34(32)31-17-12-11-13-18-31/h11-15,17-24H,2-10,16,25-29H2,1H3,(H,37,41)(H,39,40). The van der Waals surface area contributed by atoms with Crippen molar-refractivity contribution >= 4 is 11.9 Å². The van der Waals surface area contributed by atoms with E-state index < -0.39 is 12.6 Å². The molecule has 0 aliphatic heterocycles. The van der Waals surface area contributed by atoms with Crippen molar-refractivity contribution in [1.82, 2.24) is 10.4 Å². The van der Waals surface area contributed by atoms with Crippen LogP contribution in [0.2, 0.25) is 0 Å². The summed E-state index contributed by atoms with van der Waals surface area (Å²) in [6.07, 6.45) is 13.4. The first-order chi connectivity index (χ1) is 20.6. The van der Waals surface area contributed by atoms with Crippen molar-refractivity contribution < 1.29 is 19.5 Å². The highest BCUT2D eigenvalue weighted by Gasteiger charge is 2.13. The zero-order chi connectivity index (χ0) is 29.8. The normalized spacial score (nSPS) is 11.1. The van der Waals surface area contributed by atoms with Crippen molar-refractivity contribution in [3.05, 3.63) is 95.6 Å². The molecule has 2 N–H and O–H groups in total. The van der Waals surface area contributed by atoms with Gasteiger partial charge in [0, 0.05) is 25.2 Å². The Kier molecular flexibility index (Phi) is 15.4. The van der Waals surface area contributed by atoms with E-state index in [0.717, 1.165) is 29.5 Å². The molecule has 0 aromatic heterocycles. The van der Waals surface area contributed by atoms with Crippen molar-refractivity contribution in [3.8, 4) is 11.1 Å². The first-order valence-corrected chi connectivity index (χ1v) is 15.7. The average Bonchev–Trinajstić information content (AvgIpc) is 3.02. The van der Waals surface area contributed by atoms with Crippen LogP contribution in [0.25, 0.3) is 11.1 Å². The van der Waals surface area contributed by atoms with Gasteiger partial charge >= 0.3 is 5.97 Å². The quantitative estimate of drug-likeness (QED) is 0.0997. The second-order valence-electron chi connectivity index (χ2n) is 10.9. The molecule has 1 amide bonds. The molecule has 6 nitrogen and oxygen atoms in total. The van der Waals surface area contributed by atoms with Crippen molar-refractivity contribution in [2.45, 2.75) is 84.1 Å². The molecule has 0 unspecified atom stereocenters. The van der Waals surface area contributed by atoms with Gasteiger partial charge in [0.2, 0.25) is 0 Å². The zero-order valence-corrected chi connectivity index (χ0v) is 25.2. The molecule has 0 saturated heterocycles. The molecule has 3 aromatic carbocycles. The minimum Gasteiger partial charge on any atom is -0.479 e. The van der Waals surface area contributed by atoms with E-state index in [4.69, 9.17) is 4.84 Å². The van der Waals surface area contributed by atoms with E-state index in [0.29, 0.717) is 31.6 Å². The number of carboxylic acids is 1. The third kappa shape index (κ3) is 12.6. The van der Waals surface area contributed by atoms with Crippen molar-refractivity contribution in [2.75, 3.05) is 19.7 Å². The highest BCUT2D eigenvalue weighted by atomic mass is 16.7. The lowest BCUT2D eigenvalue weighted by Gasteiger charge is -2.22. The largest absolute Gasteiger partial charge is 0.479 e. The lowest BCUT2D eigenvalue weighted by Crippen LogP contribution is -2.29. The van der Waals surface area contributed by atoms with Crippen molar-refractivity contribution in [2.24, 2.45) is 0 Å². The van der Waals surface area contributed by atoms with Gasteiger partial charge in [-0.05, 0) is 47.2 Å². The van der Waals surface area contributed by atoms with E-state index in [1.54, 1.807) is 5.06 Å². The van der Waals surface area contributed by atoms with Crippen LogP contribution in [-0.2, 0) is 22.6 Å². The molecule has 3 rings (SSSR count). The average molecular weight is 573 g/mol. The summed E-state index contributed by atoms with van der Waals surface area (Å²) >= 11 is 0.